The lowest BCUT2D eigenvalue weighted by molar-refractivity contribution is 0.614. The third-order valence-electron chi connectivity index (χ3n) is 3.01. The van der Waals surface area contributed by atoms with Crippen molar-refractivity contribution in [1.29, 1.82) is 0 Å². The molecule has 0 fully saturated rings. The molecule has 2 rings (SSSR count). The maximum atomic E-state index is 6.19. The molecule has 1 aromatic heterocycles. The maximum Gasteiger partial charge on any atom is 0.0548 e. The van der Waals surface area contributed by atoms with Gasteiger partial charge in [0.15, 0.2) is 0 Å². The van der Waals surface area contributed by atoms with Gasteiger partial charge in [-0.15, -0.1) is 0 Å². The molecule has 0 aliphatic carbocycles. The van der Waals surface area contributed by atoms with E-state index in [4.69, 9.17) is 17.3 Å². The van der Waals surface area contributed by atoms with Crippen molar-refractivity contribution in [2.75, 3.05) is 0 Å². The highest BCUT2D eigenvalue weighted by Gasteiger charge is 2.09. The molecule has 1 aromatic carbocycles. The number of nitrogens with two attached hydrogens (primary N) is 1. The van der Waals surface area contributed by atoms with E-state index in [0.717, 1.165) is 22.9 Å². The molecule has 5 heteroatoms. The summed E-state index contributed by atoms with van der Waals surface area (Å²) in [7, 11) is 1.94. The van der Waals surface area contributed by atoms with Gasteiger partial charge in [0.05, 0.1) is 5.02 Å². The van der Waals surface area contributed by atoms with Gasteiger partial charge >= 0.3 is 0 Å². The Morgan fingerprint density at radius 3 is 2.83 bits per heavy atom. The van der Waals surface area contributed by atoms with E-state index in [1.54, 1.807) is 6.20 Å². The molecular weight excluding hydrogens is 314 g/mol. The third kappa shape index (κ3) is 3.13. The van der Waals surface area contributed by atoms with Gasteiger partial charge in [-0.1, -0.05) is 17.7 Å². The van der Waals surface area contributed by atoms with E-state index in [1.165, 1.54) is 5.69 Å². The van der Waals surface area contributed by atoms with Crippen molar-refractivity contribution >= 4 is 27.5 Å². The van der Waals surface area contributed by atoms with Crippen LogP contribution < -0.4 is 5.73 Å². The van der Waals surface area contributed by atoms with Crippen LogP contribution in [0.4, 0.5) is 0 Å². The van der Waals surface area contributed by atoms with Gasteiger partial charge in [-0.3, -0.25) is 4.68 Å². The number of benzene rings is 1. The van der Waals surface area contributed by atoms with Gasteiger partial charge in [-0.05, 0) is 52.5 Å². The maximum absolute atomic E-state index is 6.19. The molecule has 0 aliphatic heterocycles. The first kappa shape index (κ1) is 13.6. The first-order chi connectivity index (χ1) is 8.58. The standard InChI is InChI=1S/C13H15BrClN3/c1-18-10(6-7-17-18)3-5-13(16)9-2-4-12(15)11(14)8-9/h2,4,6-8,13H,3,5,16H2,1H3. The quantitative estimate of drug-likeness (QED) is 0.934. The second-order valence-electron chi connectivity index (χ2n) is 4.26. The van der Waals surface area contributed by atoms with Crippen molar-refractivity contribution in [3.8, 4) is 0 Å². The van der Waals surface area contributed by atoms with Crippen molar-refractivity contribution in [1.82, 2.24) is 9.78 Å². The van der Waals surface area contributed by atoms with Crippen LogP contribution in [0.1, 0.15) is 23.7 Å². The van der Waals surface area contributed by atoms with Crippen molar-refractivity contribution in [2.45, 2.75) is 18.9 Å². The van der Waals surface area contributed by atoms with Crippen LogP contribution in [-0.4, -0.2) is 9.78 Å². The molecular formula is C13H15BrClN3. The number of halogens is 2. The molecule has 0 amide bonds. The molecule has 0 bridgehead atoms. The van der Waals surface area contributed by atoms with Crippen molar-refractivity contribution in [2.24, 2.45) is 12.8 Å². The van der Waals surface area contributed by atoms with Gasteiger partial charge in [-0.2, -0.15) is 5.10 Å². The van der Waals surface area contributed by atoms with Crippen LogP contribution in [0.5, 0.6) is 0 Å². The van der Waals surface area contributed by atoms with Crippen LogP contribution >= 0.6 is 27.5 Å². The lowest BCUT2D eigenvalue weighted by Gasteiger charge is -2.13. The largest absolute Gasteiger partial charge is 0.324 e. The van der Waals surface area contributed by atoms with E-state index in [9.17, 15) is 0 Å². The summed E-state index contributed by atoms with van der Waals surface area (Å²) in [5.41, 5.74) is 8.47. The highest BCUT2D eigenvalue weighted by Crippen LogP contribution is 2.26. The average molecular weight is 329 g/mol. The summed E-state index contributed by atoms with van der Waals surface area (Å²) < 4.78 is 2.77. The van der Waals surface area contributed by atoms with Gasteiger partial charge in [0.2, 0.25) is 0 Å². The minimum atomic E-state index is 0.00784. The summed E-state index contributed by atoms with van der Waals surface area (Å²) in [5.74, 6) is 0. The molecule has 0 spiro atoms. The summed E-state index contributed by atoms with van der Waals surface area (Å²) in [6.45, 7) is 0. The Morgan fingerprint density at radius 1 is 1.44 bits per heavy atom. The monoisotopic (exact) mass is 327 g/mol. The zero-order valence-electron chi connectivity index (χ0n) is 10.1. The topological polar surface area (TPSA) is 43.8 Å². The van der Waals surface area contributed by atoms with Gasteiger partial charge in [0, 0.05) is 29.5 Å². The number of aromatic nitrogens is 2. The van der Waals surface area contributed by atoms with Crippen molar-refractivity contribution in [3.05, 3.63) is 51.2 Å². The smallest absolute Gasteiger partial charge is 0.0548 e. The fourth-order valence-electron chi connectivity index (χ4n) is 1.86. The fraction of sp³-hybridized carbons (Fsp3) is 0.308. The zero-order valence-corrected chi connectivity index (χ0v) is 12.4. The van der Waals surface area contributed by atoms with E-state index < -0.39 is 0 Å². The molecule has 1 heterocycles. The number of nitrogens with zero attached hydrogens (tertiary/aromatic N) is 2. The van der Waals surface area contributed by atoms with Gasteiger partial charge < -0.3 is 5.73 Å². The Balaban J connectivity index is 2.01. The van der Waals surface area contributed by atoms with E-state index >= 15 is 0 Å². The van der Waals surface area contributed by atoms with Crippen molar-refractivity contribution < 1.29 is 0 Å². The van der Waals surface area contributed by atoms with Crippen LogP contribution in [0.15, 0.2) is 34.9 Å². The molecule has 1 unspecified atom stereocenters. The Hall–Kier alpha value is -0.840. The molecule has 0 saturated carbocycles. The first-order valence-electron chi connectivity index (χ1n) is 5.75. The number of rotatable bonds is 4. The van der Waals surface area contributed by atoms with Crippen molar-refractivity contribution in [3.63, 3.8) is 0 Å². The van der Waals surface area contributed by atoms with Gasteiger partial charge in [-0.25, -0.2) is 0 Å². The summed E-state index contributed by atoms with van der Waals surface area (Å²) in [6.07, 6.45) is 3.60. The minimum absolute atomic E-state index is 0.00784. The number of aryl methyl sites for hydroxylation is 2. The molecule has 0 radical (unpaired) electrons. The van der Waals surface area contributed by atoms with E-state index in [0.29, 0.717) is 5.02 Å². The second kappa shape index (κ2) is 5.87. The SMILES string of the molecule is Cn1nccc1CCC(N)c1ccc(Cl)c(Br)c1. The number of hydrogen-bond acceptors (Lipinski definition) is 2. The van der Waals surface area contributed by atoms with E-state index in [2.05, 4.69) is 21.0 Å². The van der Waals surface area contributed by atoms with Gasteiger partial charge in [0.25, 0.3) is 0 Å². The summed E-state index contributed by atoms with van der Waals surface area (Å²) in [4.78, 5) is 0. The summed E-state index contributed by atoms with van der Waals surface area (Å²) >= 11 is 9.38. The normalized spacial score (nSPS) is 12.7. The predicted molar refractivity (Wildman–Crippen MR) is 77.6 cm³/mol. The number of hydrogen-bond donors (Lipinski definition) is 1. The molecule has 96 valence electrons. The van der Waals surface area contributed by atoms with Gasteiger partial charge in [0.1, 0.15) is 0 Å². The molecule has 2 aromatic rings. The molecule has 0 saturated heterocycles. The lowest BCUT2D eigenvalue weighted by atomic mass is 10.0. The molecule has 2 N–H and O–H groups in total. The first-order valence-corrected chi connectivity index (χ1v) is 6.92. The summed E-state index contributed by atoms with van der Waals surface area (Å²) in [5, 5.41) is 4.85. The highest BCUT2D eigenvalue weighted by atomic mass is 79.9. The van der Waals surface area contributed by atoms with Crippen LogP contribution in [-0.2, 0) is 13.5 Å². The Labute approximate surface area is 120 Å². The van der Waals surface area contributed by atoms with Crippen LogP contribution in [0, 0.1) is 0 Å². The van der Waals surface area contributed by atoms with Crippen LogP contribution in [0.3, 0.4) is 0 Å². The predicted octanol–water partition coefficient (Wildman–Crippen LogP) is 3.47. The third-order valence-corrected chi connectivity index (χ3v) is 4.22. The molecule has 18 heavy (non-hydrogen) atoms. The lowest BCUT2D eigenvalue weighted by Crippen LogP contribution is -2.12. The zero-order chi connectivity index (χ0) is 13.1. The fourth-order valence-corrected chi connectivity index (χ4v) is 2.37. The Kier molecular flexibility index (Phi) is 4.43. The van der Waals surface area contributed by atoms with E-state index in [1.807, 2.05) is 36.0 Å². The Morgan fingerprint density at radius 2 is 2.22 bits per heavy atom. The minimum Gasteiger partial charge on any atom is -0.324 e. The molecule has 1 atom stereocenters. The Bertz CT molecular complexity index is 539. The van der Waals surface area contributed by atoms with E-state index in [-0.39, 0.29) is 6.04 Å². The highest BCUT2D eigenvalue weighted by molar-refractivity contribution is 9.10. The second-order valence-corrected chi connectivity index (χ2v) is 5.53. The molecule has 3 nitrogen and oxygen atoms in total. The molecule has 0 aliphatic rings. The summed E-state index contributed by atoms with van der Waals surface area (Å²) in [6, 6.07) is 7.85. The van der Waals surface area contributed by atoms with Crippen LogP contribution in [0.2, 0.25) is 5.02 Å². The average Bonchev–Trinajstić information content (AvgIpc) is 2.75. The van der Waals surface area contributed by atoms with Crippen LogP contribution in [0.25, 0.3) is 0 Å².